The van der Waals surface area contributed by atoms with Gasteiger partial charge in [-0.25, -0.2) is 5.01 Å². The van der Waals surface area contributed by atoms with E-state index in [1.165, 1.54) is 5.01 Å². The molecule has 1 atom stereocenters. The van der Waals surface area contributed by atoms with Crippen molar-refractivity contribution >= 4 is 29.2 Å². The van der Waals surface area contributed by atoms with Gasteiger partial charge in [-0.2, -0.15) is 0 Å². The van der Waals surface area contributed by atoms with E-state index >= 15 is 0 Å². The third-order valence-corrected chi connectivity index (χ3v) is 6.35. The van der Waals surface area contributed by atoms with Gasteiger partial charge in [0.15, 0.2) is 6.61 Å². The number of hydrazine groups is 1. The topological polar surface area (TPSA) is 97.0 Å². The molecule has 0 aliphatic carbocycles. The summed E-state index contributed by atoms with van der Waals surface area (Å²) in [6.45, 7) is 3.52. The third kappa shape index (κ3) is 6.59. The van der Waals surface area contributed by atoms with Crippen LogP contribution in [-0.2, 0) is 19.1 Å². The number of carbonyl (C=O) groups is 3. The first-order chi connectivity index (χ1) is 18.3. The monoisotopic (exact) mass is 513 g/mol. The summed E-state index contributed by atoms with van der Waals surface area (Å²) >= 11 is 0. The normalized spacial score (nSPS) is 14.3. The molecule has 0 saturated heterocycles. The first-order valence-electron chi connectivity index (χ1n) is 12.4. The Morgan fingerprint density at radius 2 is 1.66 bits per heavy atom. The second-order valence-electron chi connectivity index (χ2n) is 9.05. The Bertz CT molecular complexity index is 1340. The Labute approximate surface area is 222 Å². The van der Waals surface area contributed by atoms with Gasteiger partial charge in [-0.1, -0.05) is 48.5 Å². The lowest BCUT2D eigenvalue weighted by Gasteiger charge is -2.25. The molecule has 1 heterocycles. The van der Waals surface area contributed by atoms with Crippen molar-refractivity contribution in [1.82, 2.24) is 10.4 Å². The predicted octanol–water partition coefficient (Wildman–Crippen LogP) is 4.70. The average Bonchev–Trinajstić information content (AvgIpc) is 3.39. The maximum absolute atomic E-state index is 13.2. The number of nitrogens with one attached hydrogen (secondary N) is 2. The number of anilines is 1. The number of esters is 1. The van der Waals surface area contributed by atoms with E-state index in [1.54, 1.807) is 13.2 Å². The second kappa shape index (κ2) is 12.1. The molecule has 196 valence electrons. The summed E-state index contributed by atoms with van der Waals surface area (Å²) in [6.07, 6.45) is 1.75. The van der Waals surface area contributed by atoms with Crippen LogP contribution in [0.5, 0.6) is 5.75 Å². The SMILES string of the molecule is COc1ccc([C@H]2C=C(c3ccccc3)NN2C(=O)CCC(=O)OCC(=O)Nc2ccc(C)c(C)c2)cc1. The van der Waals surface area contributed by atoms with Crippen LogP contribution < -0.4 is 15.5 Å². The lowest BCUT2D eigenvalue weighted by atomic mass is 10.0. The molecule has 2 N–H and O–H groups in total. The van der Waals surface area contributed by atoms with E-state index in [9.17, 15) is 14.4 Å². The lowest BCUT2D eigenvalue weighted by Crippen LogP contribution is -2.39. The van der Waals surface area contributed by atoms with Crippen LogP contribution in [0.4, 0.5) is 5.69 Å². The zero-order valence-electron chi connectivity index (χ0n) is 21.7. The van der Waals surface area contributed by atoms with E-state index in [0.717, 1.165) is 28.0 Å². The van der Waals surface area contributed by atoms with Crippen molar-refractivity contribution in [2.24, 2.45) is 0 Å². The van der Waals surface area contributed by atoms with E-state index in [4.69, 9.17) is 9.47 Å². The molecule has 3 aromatic rings. The number of rotatable bonds is 9. The van der Waals surface area contributed by atoms with E-state index in [0.29, 0.717) is 11.4 Å². The van der Waals surface area contributed by atoms with Gasteiger partial charge in [0.05, 0.1) is 25.3 Å². The number of carbonyl (C=O) groups excluding carboxylic acids is 3. The number of methoxy groups -OCH3 is 1. The summed E-state index contributed by atoms with van der Waals surface area (Å²) in [5.74, 6) is -0.617. The van der Waals surface area contributed by atoms with E-state index < -0.39 is 18.5 Å². The summed E-state index contributed by atoms with van der Waals surface area (Å²) < 4.78 is 10.4. The summed E-state index contributed by atoms with van der Waals surface area (Å²) in [5, 5.41) is 4.23. The zero-order valence-corrected chi connectivity index (χ0v) is 21.7. The van der Waals surface area contributed by atoms with Gasteiger partial charge in [-0.3, -0.25) is 19.8 Å². The highest BCUT2D eigenvalue weighted by Gasteiger charge is 2.31. The standard InChI is InChI=1S/C30H31N3O5/c1-20-9-12-24(17-21(20)2)31-28(34)19-38-30(36)16-15-29(35)33-27(23-10-13-25(37-3)14-11-23)18-26(32-33)22-7-5-4-6-8-22/h4-14,17-18,27,32H,15-16,19H2,1-3H3,(H,31,34)/t27-/m1/s1. The van der Waals surface area contributed by atoms with Crippen LogP contribution in [0.3, 0.4) is 0 Å². The van der Waals surface area contributed by atoms with E-state index in [1.807, 2.05) is 86.7 Å². The maximum atomic E-state index is 13.2. The van der Waals surface area contributed by atoms with Crippen molar-refractivity contribution in [3.8, 4) is 5.75 Å². The number of hydrogen-bond donors (Lipinski definition) is 2. The Morgan fingerprint density at radius 3 is 2.34 bits per heavy atom. The smallest absolute Gasteiger partial charge is 0.306 e. The molecule has 0 bridgehead atoms. The van der Waals surface area contributed by atoms with Crippen molar-refractivity contribution in [2.75, 3.05) is 19.0 Å². The van der Waals surface area contributed by atoms with Gasteiger partial charge in [0.25, 0.3) is 5.91 Å². The number of ether oxygens (including phenoxy) is 2. The molecule has 1 aliphatic rings. The van der Waals surface area contributed by atoms with E-state index in [2.05, 4.69) is 10.7 Å². The van der Waals surface area contributed by atoms with Gasteiger partial charge in [-0.05, 0) is 66.4 Å². The Morgan fingerprint density at radius 1 is 0.921 bits per heavy atom. The Balaban J connectivity index is 1.34. The highest BCUT2D eigenvalue weighted by Crippen LogP contribution is 2.32. The van der Waals surface area contributed by atoms with Crippen molar-refractivity contribution < 1.29 is 23.9 Å². The molecule has 0 spiro atoms. The van der Waals surface area contributed by atoms with Gasteiger partial charge < -0.3 is 14.8 Å². The van der Waals surface area contributed by atoms with Crippen molar-refractivity contribution in [3.63, 3.8) is 0 Å². The molecule has 1 aliphatic heterocycles. The minimum Gasteiger partial charge on any atom is -0.497 e. The molecule has 2 amide bonds. The minimum absolute atomic E-state index is 0.0762. The summed E-state index contributed by atoms with van der Waals surface area (Å²) in [7, 11) is 1.60. The number of aryl methyl sites for hydroxylation is 2. The number of hydrogen-bond acceptors (Lipinski definition) is 6. The van der Waals surface area contributed by atoms with Gasteiger partial charge in [-0.15, -0.1) is 0 Å². The summed E-state index contributed by atoms with van der Waals surface area (Å²) in [4.78, 5) is 37.7. The molecule has 8 nitrogen and oxygen atoms in total. The molecule has 8 heteroatoms. The van der Waals surface area contributed by atoms with Gasteiger partial charge in [0, 0.05) is 12.1 Å². The van der Waals surface area contributed by atoms with Gasteiger partial charge >= 0.3 is 5.97 Å². The highest BCUT2D eigenvalue weighted by molar-refractivity contribution is 5.93. The van der Waals surface area contributed by atoms with Gasteiger partial charge in [0.1, 0.15) is 5.75 Å². The second-order valence-corrected chi connectivity index (χ2v) is 9.05. The van der Waals surface area contributed by atoms with Crippen molar-refractivity contribution in [1.29, 1.82) is 0 Å². The first kappa shape index (κ1) is 26.5. The maximum Gasteiger partial charge on any atom is 0.306 e. The third-order valence-electron chi connectivity index (χ3n) is 6.35. The molecular weight excluding hydrogens is 482 g/mol. The number of nitrogens with zero attached hydrogens (tertiary/aromatic N) is 1. The van der Waals surface area contributed by atoms with Crippen LogP contribution in [0.15, 0.2) is 78.9 Å². The van der Waals surface area contributed by atoms with Crippen LogP contribution in [0.25, 0.3) is 5.70 Å². The molecule has 0 aromatic heterocycles. The van der Waals surface area contributed by atoms with Crippen LogP contribution in [0.1, 0.15) is 41.1 Å². The molecule has 0 saturated carbocycles. The molecule has 0 fully saturated rings. The highest BCUT2D eigenvalue weighted by atomic mass is 16.5. The largest absolute Gasteiger partial charge is 0.497 e. The summed E-state index contributed by atoms with van der Waals surface area (Å²) in [6, 6.07) is 22.4. The zero-order chi connectivity index (χ0) is 27.1. The molecule has 38 heavy (non-hydrogen) atoms. The molecule has 0 unspecified atom stereocenters. The van der Waals surface area contributed by atoms with Crippen LogP contribution in [-0.4, -0.2) is 36.5 Å². The number of benzene rings is 3. The van der Waals surface area contributed by atoms with Crippen LogP contribution in [0, 0.1) is 13.8 Å². The fraction of sp³-hybridized carbons (Fsp3) is 0.233. The average molecular weight is 514 g/mol. The first-order valence-corrected chi connectivity index (χ1v) is 12.4. The molecular formula is C30H31N3O5. The Hall–Kier alpha value is -4.59. The predicted molar refractivity (Wildman–Crippen MR) is 145 cm³/mol. The minimum atomic E-state index is -0.620. The molecule has 0 radical (unpaired) electrons. The molecule has 3 aromatic carbocycles. The molecule has 4 rings (SSSR count). The fourth-order valence-electron chi connectivity index (χ4n) is 4.08. The quantitative estimate of drug-likeness (QED) is 0.403. The summed E-state index contributed by atoms with van der Waals surface area (Å²) in [5.41, 5.74) is 8.62. The van der Waals surface area contributed by atoms with E-state index in [-0.39, 0.29) is 24.8 Å². The van der Waals surface area contributed by atoms with Crippen LogP contribution in [0.2, 0.25) is 0 Å². The number of amides is 2. The van der Waals surface area contributed by atoms with Crippen molar-refractivity contribution in [2.45, 2.75) is 32.7 Å². The van der Waals surface area contributed by atoms with Crippen LogP contribution >= 0.6 is 0 Å². The van der Waals surface area contributed by atoms with Crippen molar-refractivity contribution in [3.05, 3.63) is 101 Å². The van der Waals surface area contributed by atoms with Gasteiger partial charge in [0.2, 0.25) is 5.91 Å². The Kier molecular flexibility index (Phi) is 8.43. The fourth-order valence-corrected chi connectivity index (χ4v) is 4.08. The lowest BCUT2D eigenvalue weighted by molar-refractivity contribution is -0.149.